The van der Waals surface area contributed by atoms with Gasteiger partial charge in [0.1, 0.15) is 0 Å². The summed E-state index contributed by atoms with van der Waals surface area (Å²) in [4.78, 5) is 0. The van der Waals surface area contributed by atoms with E-state index in [1.165, 1.54) is 0 Å². The van der Waals surface area contributed by atoms with Crippen molar-refractivity contribution < 1.29 is 13.9 Å². The van der Waals surface area contributed by atoms with Crippen LogP contribution in [-0.4, -0.2) is 25.2 Å². The van der Waals surface area contributed by atoms with Gasteiger partial charge in [-0.05, 0) is 25.7 Å². The van der Waals surface area contributed by atoms with Crippen molar-refractivity contribution >= 4 is 0 Å². The van der Waals surface area contributed by atoms with Gasteiger partial charge in [-0.1, -0.05) is 6.42 Å². The fourth-order valence-corrected chi connectivity index (χ4v) is 2.13. The Kier molecular flexibility index (Phi) is 2.84. The molecule has 13 heavy (non-hydrogen) atoms. The van der Waals surface area contributed by atoms with Crippen LogP contribution in [0.4, 0.5) is 4.39 Å². The van der Waals surface area contributed by atoms with E-state index in [0.29, 0.717) is 19.6 Å². The summed E-state index contributed by atoms with van der Waals surface area (Å²) < 4.78 is 24.7. The van der Waals surface area contributed by atoms with E-state index in [0.717, 1.165) is 32.1 Å². The third-order valence-electron chi connectivity index (χ3n) is 2.94. The molecule has 0 N–H and O–H groups in total. The Bertz CT molecular complexity index is 164. The molecule has 3 heteroatoms. The number of hydrogen-bond donors (Lipinski definition) is 0. The van der Waals surface area contributed by atoms with Crippen LogP contribution in [0, 0.1) is 0 Å². The first-order chi connectivity index (χ1) is 6.33. The Morgan fingerprint density at radius 1 is 1.00 bits per heavy atom. The molecule has 0 aromatic rings. The summed E-state index contributed by atoms with van der Waals surface area (Å²) in [6.45, 7) is 1.31. The Balaban J connectivity index is 2.05. The summed E-state index contributed by atoms with van der Waals surface area (Å²) in [5.74, 6) is -0.866. The zero-order valence-corrected chi connectivity index (χ0v) is 7.93. The van der Waals surface area contributed by atoms with Crippen molar-refractivity contribution in [3.63, 3.8) is 0 Å². The third kappa shape index (κ3) is 1.86. The maximum absolute atomic E-state index is 13.7. The molecular formula is C10H17FO2. The van der Waals surface area contributed by atoms with Crippen molar-refractivity contribution in [2.75, 3.05) is 13.2 Å². The first-order valence-corrected chi connectivity index (χ1v) is 5.25. The molecule has 2 nitrogen and oxygen atoms in total. The Hall–Kier alpha value is -0.150. The lowest BCUT2D eigenvalue weighted by molar-refractivity contribution is -0.271. The van der Waals surface area contributed by atoms with Gasteiger partial charge in [-0.2, -0.15) is 0 Å². The SMILES string of the molecule is FC1CCCCC12OCCCCO2. The van der Waals surface area contributed by atoms with E-state index in [1.54, 1.807) is 0 Å². The summed E-state index contributed by atoms with van der Waals surface area (Å²) in [6.07, 6.45) is 4.40. The van der Waals surface area contributed by atoms with Crippen LogP contribution in [0.1, 0.15) is 38.5 Å². The highest BCUT2D eigenvalue weighted by Gasteiger charge is 2.44. The van der Waals surface area contributed by atoms with E-state index in [4.69, 9.17) is 9.47 Å². The quantitative estimate of drug-likeness (QED) is 0.581. The Morgan fingerprint density at radius 2 is 1.69 bits per heavy atom. The van der Waals surface area contributed by atoms with Gasteiger partial charge in [-0.15, -0.1) is 0 Å². The number of hydrogen-bond acceptors (Lipinski definition) is 2. The zero-order valence-electron chi connectivity index (χ0n) is 7.93. The monoisotopic (exact) mass is 188 g/mol. The average molecular weight is 188 g/mol. The van der Waals surface area contributed by atoms with Gasteiger partial charge in [0, 0.05) is 6.42 Å². The summed E-state index contributed by atoms with van der Waals surface area (Å²) in [6, 6.07) is 0. The molecule has 0 amide bonds. The van der Waals surface area contributed by atoms with Gasteiger partial charge in [0.15, 0.2) is 12.0 Å². The second-order valence-electron chi connectivity index (χ2n) is 3.93. The molecule has 1 spiro atoms. The summed E-state index contributed by atoms with van der Waals surface area (Å²) >= 11 is 0. The van der Waals surface area contributed by atoms with E-state index in [9.17, 15) is 4.39 Å². The first kappa shape index (κ1) is 9.41. The molecule has 1 aliphatic carbocycles. The van der Waals surface area contributed by atoms with Gasteiger partial charge >= 0.3 is 0 Å². The van der Waals surface area contributed by atoms with E-state index in [2.05, 4.69) is 0 Å². The van der Waals surface area contributed by atoms with Crippen LogP contribution in [0.3, 0.4) is 0 Å². The van der Waals surface area contributed by atoms with E-state index < -0.39 is 12.0 Å². The molecule has 2 aliphatic rings. The van der Waals surface area contributed by atoms with E-state index in [-0.39, 0.29) is 0 Å². The second-order valence-corrected chi connectivity index (χ2v) is 3.93. The molecule has 0 aromatic carbocycles. The maximum Gasteiger partial charge on any atom is 0.199 e. The fourth-order valence-electron chi connectivity index (χ4n) is 2.13. The minimum absolute atomic E-state index is 0.597. The fraction of sp³-hybridized carbons (Fsp3) is 1.00. The molecule has 1 saturated heterocycles. The molecule has 1 atom stereocenters. The van der Waals surface area contributed by atoms with Crippen LogP contribution in [0.5, 0.6) is 0 Å². The van der Waals surface area contributed by atoms with Crippen molar-refractivity contribution in [1.29, 1.82) is 0 Å². The van der Waals surface area contributed by atoms with Crippen LogP contribution < -0.4 is 0 Å². The Labute approximate surface area is 78.4 Å². The zero-order chi connectivity index (χ0) is 9.15. The van der Waals surface area contributed by atoms with Crippen LogP contribution in [0.25, 0.3) is 0 Å². The van der Waals surface area contributed by atoms with Crippen molar-refractivity contribution in [3.05, 3.63) is 0 Å². The van der Waals surface area contributed by atoms with E-state index in [1.807, 2.05) is 0 Å². The normalized spacial score (nSPS) is 34.4. The predicted molar refractivity (Wildman–Crippen MR) is 47.2 cm³/mol. The van der Waals surface area contributed by atoms with Gasteiger partial charge in [0.05, 0.1) is 13.2 Å². The molecular weight excluding hydrogens is 171 g/mol. The molecule has 1 unspecified atom stereocenters. The minimum atomic E-state index is -0.917. The highest BCUT2D eigenvalue weighted by molar-refractivity contribution is 4.85. The average Bonchev–Trinajstić information content (AvgIpc) is 2.37. The molecule has 0 aromatic heterocycles. The largest absolute Gasteiger partial charge is 0.347 e. The van der Waals surface area contributed by atoms with Gasteiger partial charge in [-0.3, -0.25) is 0 Å². The smallest absolute Gasteiger partial charge is 0.199 e. The second kappa shape index (κ2) is 3.93. The molecule has 0 radical (unpaired) electrons. The molecule has 1 aliphatic heterocycles. The van der Waals surface area contributed by atoms with Gasteiger partial charge in [0.25, 0.3) is 0 Å². The minimum Gasteiger partial charge on any atom is -0.347 e. The highest BCUT2D eigenvalue weighted by Crippen LogP contribution is 2.36. The van der Waals surface area contributed by atoms with E-state index >= 15 is 0 Å². The Morgan fingerprint density at radius 3 is 2.31 bits per heavy atom. The molecule has 1 heterocycles. The number of rotatable bonds is 0. The van der Waals surface area contributed by atoms with Crippen LogP contribution in [-0.2, 0) is 9.47 Å². The van der Waals surface area contributed by atoms with Crippen LogP contribution in [0.15, 0.2) is 0 Å². The molecule has 2 fully saturated rings. The number of halogens is 1. The highest BCUT2D eigenvalue weighted by atomic mass is 19.1. The number of alkyl halides is 1. The van der Waals surface area contributed by atoms with Gasteiger partial charge < -0.3 is 9.47 Å². The van der Waals surface area contributed by atoms with Gasteiger partial charge in [-0.25, -0.2) is 4.39 Å². The van der Waals surface area contributed by atoms with Crippen LogP contribution >= 0.6 is 0 Å². The maximum atomic E-state index is 13.7. The summed E-state index contributed by atoms with van der Waals surface area (Å²) in [5, 5.41) is 0. The van der Waals surface area contributed by atoms with Crippen molar-refractivity contribution in [1.82, 2.24) is 0 Å². The lowest BCUT2D eigenvalue weighted by atomic mass is 9.92. The summed E-state index contributed by atoms with van der Waals surface area (Å²) in [7, 11) is 0. The van der Waals surface area contributed by atoms with Crippen molar-refractivity contribution in [3.8, 4) is 0 Å². The topological polar surface area (TPSA) is 18.5 Å². The lowest BCUT2D eigenvalue weighted by Gasteiger charge is -2.38. The lowest BCUT2D eigenvalue weighted by Crippen LogP contribution is -2.47. The first-order valence-electron chi connectivity index (χ1n) is 5.25. The predicted octanol–water partition coefficient (Wildman–Crippen LogP) is 2.42. The molecule has 1 saturated carbocycles. The summed E-state index contributed by atoms with van der Waals surface area (Å²) in [5.41, 5.74) is 0. The third-order valence-corrected chi connectivity index (χ3v) is 2.94. The van der Waals surface area contributed by atoms with Crippen molar-refractivity contribution in [2.24, 2.45) is 0 Å². The standard InChI is InChI=1S/C10H17FO2/c11-9-5-1-2-6-10(9)12-7-3-4-8-13-10/h9H,1-8H2. The molecule has 0 bridgehead atoms. The number of ether oxygens (including phenoxy) is 2. The van der Waals surface area contributed by atoms with Crippen molar-refractivity contribution in [2.45, 2.75) is 50.5 Å². The molecule has 2 rings (SSSR count). The molecule has 76 valence electrons. The van der Waals surface area contributed by atoms with Crippen LogP contribution in [0.2, 0.25) is 0 Å². The van der Waals surface area contributed by atoms with Gasteiger partial charge in [0.2, 0.25) is 0 Å².